The molecule has 0 aliphatic rings. The normalized spacial score (nSPS) is 10.8. The molecule has 7 nitrogen and oxygen atoms in total. The molecule has 0 saturated carbocycles. The van der Waals surface area contributed by atoms with Crippen molar-refractivity contribution in [1.29, 1.82) is 0 Å². The molecule has 3 aromatic rings. The smallest absolute Gasteiger partial charge is 0.322 e. The van der Waals surface area contributed by atoms with Crippen molar-refractivity contribution in [2.24, 2.45) is 0 Å². The average Bonchev–Trinajstić information content (AvgIpc) is 3.10. The molecule has 0 atom stereocenters. The van der Waals surface area contributed by atoms with Gasteiger partial charge in [-0.3, -0.25) is 10.1 Å². The molecule has 0 fully saturated rings. The Kier molecular flexibility index (Phi) is 3.66. The summed E-state index contributed by atoms with van der Waals surface area (Å²) in [5, 5.41) is 13.5. The molecule has 3 heterocycles. The van der Waals surface area contributed by atoms with Crippen LogP contribution in [0, 0.1) is 6.92 Å². The van der Waals surface area contributed by atoms with Crippen molar-refractivity contribution in [3.05, 3.63) is 32.3 Å². The summed E-state index contributed by atoms with van der Waals surface area (Å²) in [7, 11) is 0. The Morgan fingerprint density at radius 2 is 2.14 bits per heavy atom. The van der Waals surface area contributed by atoms with Crippen molar-refractivity contribution >= 4 is 46.5 Å². The summed E-state index contributed by atoms with van der Waals surface area (Å²) in [6.45, 7) is 1.68. The highest BCUT2D eigenvalue weighted by Crippen LogP contribution is 2.37. The summed E-state index contributed by atoms with van der Waals surface area (Å²) in [6.07, 6.45) is 0. The first-order valence-electron chi connectivity index (χ1n) is 5.56. The Morgan fingerprint density at radius 1 is 1.33 bits per heavy atom. The lowest BCUT2D eigenvalue weighted by molar-refractivity contribution is 0.101. The zero-order valence-corrected chi connectivity index (χ0v) is 12.7. The van der Waals surface area contributed by atoms with Crippen LogP contribution in [0.25, 0.3) is 11.5 Å². The Balaban J connectivity index is 1.79. The molecule has 1 N–H and O–H groups in total. The lowest BCUT2D eigenvalue weighted by Crippen LogP contribution is -2.12. The van der Waals surface area contributed by atoms with E-state index in [9.17, 15) is 4.79 Å². The van der Waals surface area contributed by atoms with Gasteiger partial charge in [0.1, 0.15) is 10.1 Å². The number of amides is 1. The van der Waals surface area contributed by atoms with E-state index in [-0.39, 0.29) is 17.6 Å². The highest BCUT2D eigenvalue weighted by Gasteiger charge is 2.18. The zero-order valence-electron chi connectivity index (χ0n) is 10.4. The van der Waals surface area contributed by atoms with Gasteiger partial charge in [-0.15, -0.1) is 16.4 Å². The quantitative estimate of drug-likeness (QED) is 0.779. The molecule has 3 aromatic heterocycles. The summed E-state index contributed by atoms with van der Waals surface area (Å²) in [6, 6.07) is 3.02. The van der Waals surface area contributed by atoms with Gasteiger partial charge in [0.25, 0.3) is 11.8 Å². The van der Waals surface area contributed by atoms with E-state index in [1.165, 1.54) is 17.4 Å². The minimum Gasteiger partial charge on any atom is -0.403 e. The van der Waals surface area contributed by atoms with Crippen LogP contribution in [0.15, 0.2) is 21.1 Å². The van der Waals surface area contributed by atoms with E-state index in [1.54, 1.807) is 13.0 Å². The zero-order chi connectivity index (χ0) is 15.0. The van der Waals surface area contributed by atoms with Crippen LogP contribution in [-0.2, 0) is 0 Å². The van der Waals surface area contributed by atoms with Gasteiger partial charge in [0.15, 0.2) is 5.69 Å². The first kappa shape index (κ1) is 14.1. The molecule has 0 saturated heterocycles. The van der Waals surface area contributed by atoms with Crippen LogP contribution < -0.4 is 5.32 Å². The van der Waals surface area contributed by atoms with E-state index < -0.39 is 5.91 Å². The van der Waals surface area contributed by atoms with Crippen LogP contribution in [0.2, 0.25) is 8.67 Å². The molecule has 3 rings (SSSR count). The number of nitrogens with zero attached hydrogens (tertiary/aromatic N) is 3. The average molecular weight is 345 g/mol. The van der Waals surface area contributed by atoms with Crippen molar-refractivity contribution in [2.45, 2.75) is 6.92 Å². The Hall–Kier alpha value is -1.90. The number of halogens is 2. The second-order valence-corrected chi connectivity index (χ2v) is 6.21. The molecule has 0 aromatic carbocycles. The van der Waals surface area contributed by atoms with Crippen LogP contribution in [0.1, 0.15) is 16.2 Å². The lowest BCUT2D eigenvalue weighted by Gasteiger charge is -1.94. The second-order valence-electron chi connectivity index (χ2n) is 3.93. The van der Waals surface area contributed by atoms with E-state index >= 15 is 0 Å². The van der Waals surface area contributed by atoms with Crippen molar-refractivity contribution in [2.75, 3.05) is 5.32 Å². The molecule has 0 spiro atoms. The maximum atomic E-state index is 11.8. The number of aryl methyl sites for hydroxylation is 1. The number of hydrogen-bond donors (Lipinski definition) is 1. The van der Waals surface area contributed by atoms with Crippen molar-refractivity contribution in [3.8, 4) is 11.5 Å². The topological polar surface area (TPSA) is 94.1 Å². The number of hydrogen-bond acceptors (Lipinski definition) is 7. The molecule has 0 radical (unpaired) electrons. The van der Waals surface area contributed by atoms with Gasteiger partial charge in [0.05, 0.1) is 9.90 Å². The molecular weight excluding hydrogens is 339 g/mol. The van der Waals surface area contributed by atoms with Crippen LogP contribution in [0.5, 0.6) is 0 Å². The van der Waals surface area contributed by atoms with Crippen LogP contribution in [-0.4, -0.2) is 21.3 Å². The lowest BCUT2D eigenvalue weighted by atomic mass is 10.3. The number of nitrogens with one attached hydrogen (secondary N) is 1. The standard InChI is InChI=1S/C11H6Cl2N4O3S/c1-4-2-6(17-20-4)9(18)14-11-16-15-10(19-11)5-3-7(12)21-8(5)13/h2-3H,1H3,(H,14,16,18). The third-order valence-electron chi connectivity index (χ3n) is 2.39. The Morgan fingerprint density at radius 3 is 2.76 bits per heavy atom. The van der Waals surface area contributed by atoms with Gasteiger partial charge >= 0.3 is 6.01 Å². The second kappa shape index (κ2) is 5.47. The van der Waals surface area contributed by atoms with Gasteiger partial charge in [0, 0.05) is 6.07 Å². The molecule has 21 heavy (non-hydrogen) atoms. The fourth-order valence-electron chi connectivity index (χ4n) is 1.50. The molecule has 10 heteroatoms. The third kappa shape index (κ3) is 2.92. The fourth-order valence-corrected chi connectivity index (χ4v) is 2.95. The minimum absolute atomic E-state index is 0.0750. The molecule has 0 bridgehead atoms. The van der Waals surface area contributed by atoms with Crippen LogP contribution in [0.3, 0.4) is 0 Å². The summed E-state index contributed by atoms with van der Waals surface area (Å²) < 4.78 is 11.0. The van der Waals surface area contributed by atoms with E-state index in [0.29, 0.717) is 20.0 Å². The largest absolute Gasteiger partial charge is 0.403 e. The predicted molar refractivity (Wildman–Crippen MR) is 76.8 cm³/mol. The number of carbonyl (C=O) groups excluding carboxylic acids is 1. The number of anilines is 1. The van der Waals surface area contributed by atoms with Crippen molar-refractivity contribution < 1.29 is 13.7 Å². The molecule has 0 aliphatic heterocycles. The highest BCUT2D eigenvalue weighted by atomic mass is 35.5. The third-order valence-corrected chi connectivity index (χ3v) is 3.88. The SMILES string of the molecule is Cc1cc(C(=O)Nc2nnc(-c3cc(Cl)sc3Cl)o2)no1. The highest BCUT2D eigenvalue weighted by molar-refractivity contribution is 7.20. The number of carbonyl (C=O) groups is 1. The number of thiophene rings is 1. The molecular formula is C11H6Cl2N4O3S. The summed E-state index contributed by atoms with van der Waals surface area (Å²) in [5.41, 5.74) is 0.626. The van der Waals surface area contributed by atoms with Crippen molar-refractivity contribution in [3.63, 3.8) is 0 Å². The first-order chi connectivity index (χ1) is 10.0. The van der Waals surface area contributed by atoms with Gasteiger partial charge in [-0.25, -0.2) is 0 Å². The van der Waals surface area contributed by atoms with Gasteiger partial charge in [-0.05, 0) is 13.0 Å². The van der Waals surface area contributed by atoms with E-state index in [2.05, 4.69) is 20.7 Å². The Labute approximate surface area is 131 Å². The van der Waals surface area contributed by atoms with Crippen molar-refractivity contribution in [1.82, 2.24) is 15.4 Å². The fraction of sp³-hybridized carbons (Fsp3) is 0.0909. The predicted octanol–water partition coefficient (Wildman–Crippen LogP) is 3.65. The molecule has 1 amide bonds. The van der Waals surface area contributed by atoms with E-state index in [1.807, 2.05) is 0 Å². The van der Waals surface area contributed by atoms with Crippen LogP contribution >= 0.6 is 34.5 Å². The summed E-state index contributed by atoms with van der Waals surface area (Å²) in [5.74, 6) is 0.164. The van der Waals surface area contributed by atoms with Gasteiger partial charge in [-0.1, -0.05) is 33.5 Å². The molecule has 108 valence electrons. The maximum Gasteiger partial charge on any atom is 0.322 e. The van der Waals surface area contributed by atoms with Crippen LogP contribution in [0.4, 0.5) is 6.01 Å². The monoisotopic (exact) mass is 344 g/mol. The van der Waals surface area contributed by atoms with Gasteiger partial charge < -0.3 is 8.94 Å². The number of aromatic nitrogens is 3. The summed E-state index contributed by atoms with van der Waals surface area (Å²) >= 11 is 13.0. The minimum atomic E-state index is -0.517. The molecule has 0 aliphatic carbocycles. The Bertz CT molecular complexity index is 810. The van der Waals surface area contributed by atoms with E-state index in [0.717, 1.165) is 0 Å². The van der Waals surface area contributed by atoms with Gasteiger partial charge in [-0.2, -0.15) is 0 Å². The maximum absolute atomic E-state index is 11.8. The van der Waals surface area contributed by atoms with Gasteiger partial charge in [0.2, 0.25) is 0 Å². The molecule has 0 unspecified atom stereocenters. The summed E-state index contributed by atoms with van der Waals surface area (Å²) in [4.78, 5) is 11.8. The first-order valence-corrected chi connectivity index (χ1v) is 7.13. The van der Waals surface area contributed by atoms with E-state index in [4.69, 9.17) is 32.1 Å². The number of rotatable bonds is 3.